The van der Waals surface area contributed by atoms with E-state index in [1.807, 2.05) is 31.2 Å². The summed E-state index contributed by atoms with van der Waals surface area (Å²) in [7, 11) is 0. The Bertz CT molecular complexity index is 246. The van der Waals surface area contributed by atoms with Gasteiger partial charge in [-0.25, -0.2) is 0 Å². The molecule has 0 radical (unpaired) electrons. The molecule has 1 atom stereocenters. The minimum absolute atomic E-state index is 0.187. The van der Waals surface area contributed by atoms with E-state index in [0.29, 0.717) is 6.61 Å². The van der Waals surface area contributed by atoms with Crippen LogP contribution in [-0.4, -0.2) is 12.6 Å². The van der Waals surface area contributed by atoms with Crippen LogP contribution in [0.15, 0.2) is 24.3 Å². The van der Waals surface area contributed by atoms with Gasteiger partial charge in [-0.05, 0) is 37.6 Å². The van der Waals surface area contributed by atoms with E-state index in [4.69, 9.17) is 22.1 Å². The van der Waals surface area contributed by atoms with Crippen molar-refractivity contribution in [1.29, 1.82) is 0 Å². The van der Waals surface area contributed by atoms with Crippen LogP contribution >= 0.6 is 11.6 Å². The van der Waals surface area contributed by atoms with Gasteiger partial charge in [0.25, 0.3) is 0 Å². The third-order valence-corrected chi connectivity index (χ3v) is 1.91. The van der Waals surface area contributed by atoms with Crippen molar-refractivity contribution in [3.05, 3.63) is 29.3 Å². The molecule has 0 bridgehead atoms. The molecule has 0 spiro atoms. The average molecular weight is 200 g/mol. The third kappa shape index (κ3) is 4.15. The monoisotopic (exact) mass is 199 g/mol. The van der Waals surface area contributed by atoms with Gasteiger partial charge in [0.05, 0.1) is 6.61 Å². The minimum Gasteiger partial charge on any atom is -0.494 e. The molecule has 0 aliphatic rings. The first-order valence-corrected chi connectivity index (χ1v) is 4.70. The predicted octanol–water partition coefficient (Wildman–Crippen LogP) is 2.46. The zero-order chi connectivity index (χ0) is 9.68. The first kappa shape index (κ1) is 10.4. The maximum Gasteiger partial charge on any atom is 0.119 e. The summed E-state index contributed by atoms with van der Waals surface area (Å²) in [4.78, 5) is 0. The third-order valence-electron chi connectivity index (χ3n) is 1.66. The lowest BCUT2D eigenvalue weighted by atomic mass is 10.3. The first-order valence-electron chi connectivity index (χ1n) is 4.32. The van der Waals surface area contributed by atoms with Gasteiger partial charge in [-0.1, -0.05) is 11.6 Å². The molecule has 0 saturated carbocycles. The molecule has 1 aromatic carbocycles. The van der Waals surface area contributed by atoms with E-state index in [2.05, 4.69) is 0 Å². The van der Waals surface area contributed by atoms with Crippen LogP contribution in [0.3, 0.4) is 0 Å². The van der Waals surface area contributed by atoms with Gasteiger partial charge in [0.1, 0.15) is 5.75 Å². The zero-order valence-corrected chi connectivity index (χ0v) is 8.42. The molecule has 0 saturated heterocycles. The van der Waals surface area contributed by atoms with Gasteiger partial charge in [0.15, 0.2) is 0 Å². The average Bonchev–Trinajstić information content (AvgIpc) is 2.08. The van der Waals surface area contributed by atoms with Gasteiger partial charge < -0.3 is 10.5 Å². The molecule has 1 aromatic rings. The maximum absolute atomic E-state index is 5.72. The summed E-state index contributed by atoms with van der Waals surface area (Å²) < 4.78 is 5.43. The molecule has 0 amide bonds. The molecule has 0 aliphatic heterocycles. The van der Waals surface area contributed by atoms with E-state index >= 15 is 0 Å². The lowest BCUT2D eigenvalue weighted by Crippen LogP contribution is -2.18. The van der Waals surface area contributed by atoms with E-state index in [-0.39, 0.29) is 6.04 Å². The summed E-state index contributed by atoms with van der Waals surface area (Å²) in [5.41, 5.74) is 5.58. The summed E-state index contributed by atoms with van der Waals surface area (Å²) >= 11 is 5.72. The molecule has 1 unspecified atom stereocenters. The van der Waals surface area contributed by atoms with E-state index < -0.39 is 0 Å². The first-order chi connectivity index (χ1) is 6.18. The Labute approximate surface area is 83.6 Å². The number of hydrogen-bond donors (Lipinski definition) is 1. The molecule has 1 rings (SSSR count). The number of nitrogens with two attached hydrogens (primary N) is 1. The van der Waals surface area contributed by atoms with Gasteiger partial charge in [-0.15, -0.1) is 0 Å². The van der Waals surface area contributed by atoms with Crippen molar-refractivity contribution in [3.8, 4) is 5.75 Å². The van der Waals surface area contributed by atoms with Gasteiger partial charge in [0.2, 0.25) is 0 Å². The Hall–Kier alpha value is -0.730. The fraction of sp³-hybridized carbons (Fsp3) is 0.400. The minimum atomic E-state index is 0.187. The molecular weight excluding hydrogens is 186 g/mol. The van der Waals surface area contributed by atoms with Crippen LogP contribution in [0, 0.1) is 0 Å². The summed E-state index contributed by atoms with van der Waals surface area (Å²) in [6.07, 6.45) is 0.864. The number of benzene rings is 1. The Morgan fingerprint density at radius 3 is 2.54 bits per heavy atom. The van der Waals surface area contributed by atoms with Gasteiger partial charge in [-0.2, -0.15) is 0 Å². The molecule has 0 aliphatic carbocycles. The van der Waals surface area contributed by atoms with Gasteiger partial charge in [-0.3, -0.25) is 0 Å². The topological polar surface area (TPSA) is 35.2 Å². The summed E-state index contributed by atoms with van der Waals surface area (Å²) in [6.45, 7) is 2.62. The second-order valence-corrected chi connectivity index (χ2v) is 3.50. The summed E-state index contributed by atoms with van der Waals surface area (Å²) in [6, 6.07) is 7.51. The number of rotatable bonds is 4. The molecule has 2 N–H and O–H groups in total. The van der Waals surface area contributed by atoms with Gasteiger partial charge >= 0.3 is 0 Å². The van der Waals surface area contributed by atoms with Crippen LogP contribution < -0.4 is 10.5 Å². The van der Waals surface area contributed by atoms with Crippen LogP contribution in [-0.2, 0) is 0 Å². The van der Waals surface area contributed by atoms with E-state index in [1.54, 1.807) is 0 Å². The molecule has 0 fully saturated rings. The molecule has 13 heavy (non-hydrogen) atoms. The van der Waals surface area contributed by atoms with Crippen molar-refractivity contribution < 1.29 is 4.74 Å². The summed E-state index contributed by atoms with van der Waals surface area (Å²) in [5, 5.41) is 0.722. The second kappa shape index (κ2) is 5.10. The largest absolute Gasteiger partial charge is 0.494 e. The van der Waals surface area contributed by atoms with Crippen LogP contribution in [0.4, 0.5) is 0 Å². The highest BCUT2D eigenvalue weighted by Crippen LogP contribution is 2.15. The predicted molar refractivity (Wildman–Crippen MR) is 55.2 cm³/mol. The smallest absolute Gasteiger partial charge is 0.119 e. The Morgan fingerprint density at radius 1 is 1.38 bits per heavy atom. The Balaban J connectivity index is 2.33. The van der Waals surface area contributed by atoms with E-state index in [1.165, 1.54) is 0 Å². The zero-order valence-electron chi connectivity index (χ0n) is 7.66. The molecule has 72 valence electrons. The lowest BCUT2D eigenvalue weighted by Gasteiger charge is -2.07. The quantitative estimate of drug-likeness (QED) is 0.809. The fourth-order valence-electron chi connectivity index (χ4n) is 0.893. The van der Waals surface area contributed by atoms with Crippen molar-refractivity contribution in [2.45, 2.75) is 19.4 Å². The van der Waals surface area contributed by atoms with E-state index in [9.17, 15) is 0 Å². The normalized spacial score (nSPS) is 12.5. The van der Waals surface area contributed by atoms with Gasteiger partial charge in [0, 0.05) is 11.1 Å². The summed E-state index contributed by atoms with van der Waals surface area (Å²) in [5.74, 6) is 0.838. The SMILES string of the molecule is CC(N)CCOc1ccc(Cl)cc1. The van der Waals surface area contributed by atoms with Crippen LogP contribution in [0.1, 0.15) is 13.3 Å². The highest BCUT2D eigenvalue weighted by atomic mass is 35.5. The molecule has 0 aromatic heterocycles. The highest BCUT2D eigenvalue weighted by molar-refractivity contribution is 6.30. The van der Waals surface area contributed by atoms with E-state index in [0.717, 1.165) is 17.2 Å². The standard InChI is InChI=1S/C10H14ClNO/c1-8(12)6-7-13-10-4-2-9(11)3-5-10/h2-5,8H,6-7,12H2,1H3. The fourth-order valence-corrected chi connectivity index (χ4v) is 1.02. The van der Waals surface area contributed by atoms with Crippen molar-refractivity contribution in [2.75, 3.05) is 6.61 Å². The van der Waals surface area contributed by atoms with Crippen LogP contribution in [0.5, 0.6) is 5.75 Å². The molecule has 0 heterocycles. The van der Waals surface area contributed by atoms with Crippen LogP contribution in [0.25, 0.3) is 0 Å². The van der Waals surface area contributed by atoms with Crippen molar-refractivity contribution in [1.82, 2.24) is 0 Å². The second-order valence-electron chi connectivity index (χ2n) is 3.07. The number of halogens is 1. The Kier molecular flexibility index (Phi) is 4.06. The highest BCUT2D eigenvalue weighted by Gasteiger charge is 1.96. The van der Waals surface area contributed by atoms with Crippen molar-refractivity contribution in [3.63, 3.8) is 0 Å². The van der Waals surface area contributed by atoms with Crippen LogP contribution in [0.2, 0.25) is 5.02 Å². The van der Waals surface area contributed by atoms with Crippen molar-refractivity contribution >= 4 is 11.6 Å². The molecule has 2 nitrogen and oxygen atoms in total. The maximum atomic E-state index is 5.72. The molecular formula is C10H14ClNO. The number of ether oxygens (including phenoxy) is 1. The number of hydrogen-bond acceptors (Lipinski definition) is 2. The molecule has 3 heteroatoms. The lowest BCUT2D eigenvalue weighted by molar-refractivity contribution is 0.301. The van der Waals surface area contributed by atoms with Crippen molar-refractivity contribution in [2.24, 2.45) is 5.73 Å². The Morgan fingerprint density at radius 2 is 2.00 bits per heavy atom.